The molecule has 100 valence electrons. The molecule has 2 aromatic rings. The SMILES string of the molecule is Cc1csc([C@@H](Cc2cccs2)NC(=O)C2CC2)n1. The molecule has 3 rings (SSSR count). The summed E-state index contributed by atoms with van der Waals surface area (Å²) in [6.07, 6.45) is 2.91. The van der Waals surface area contributed by atoms with Gasteiger partial charge in [-0.2, -0.15) is 0 Å². The fourth-order valence-electron chi connectivity index (χ4n) is 2.00. The number of thiophene rings is 1. The Bertz CT molecular complexity index is 558. The third-order valence-electron chi connectivity index (χ3n) is 3.18. The molecule has 2 heterocycles. The lowest BCUT2D eigenvalue weighted by molar-refractivity contribution is -0.123. The minimum atomic E-state index is 0.0189. The zero-order chi connectivity index (χ0) is 13.2. The third-order valence-corrected chi connectivity index (χ3v) is 5.16. The second kappa shape index (κ2) is 5.43. The van der Waals surface area contributed by atoms with Gasteiger partial charge in [0.2, 0.25) is 5.91 Å². The van der Waals surface area contributed by atoms with Crippen molar-refractivity contribution in [1.29, 1.82) is 0 Å². The van der Waals surface area contributed by atoms with Crippen molar-refractivity contribution < 1.29 is 4.79 Å². The maximum Gasteiger partial charge on any atom is 0.223 e. The van der Waals surface area contributed by atoms with Crippen LogP contribution in [0.1, 0.15) is 34.5 Å². The van der Waals surface area contributed by atoms with Crippen LogP contribution in [-0.4, -0.2) is 10.9 Å². The summed E-state index contributed by atoms with van der Waals surface area (Å²) in [6.45, 7) is 1.99. The van der Waals surface area contributed by atoms with Crippen molar-refractivity contribution >= 4 is 28.6 Å². The topological polar surface area (TPSA) is 42.0 Å². The number of thiazole rings is 1. The number of nitrogens with one attached hydrogen (secondary N) is 1. The van der Waals surface area contributed by atoms with Crippen LogP contribution in [0.2, 0.25) is 0 Å². The molecule has 1 aliphatic carbocycles. The van der Waals surface area contributed by atoms with Crippen LogP contribution in [0, 0.1) is 12.8 Å². The lowest BCUT2D eigenvalue weighted by atomic mass is 10.2. The highest BCUT2D eigenvalue weighted by atomic mass is 32.1. The Morgan fingerprint density at radius 2 is 2.37 bits per heavy atom. The van der Waals surface area contributed by atoms with Crippen LogP contribution < -0.4 is 5.32 Å². The Labute approximate surface area is 120 Å². The van der Waals surface area contributed by atoms with Crippen molar-refractivity contribution in [2.45, 2.75) is 32.2 Å². The van der Waals surface area contributed by atoms with Crippen molar-refractivity contribution in [3.8, 4) is 0 Å². The van der Waals surface area contributed by atoms with Crippen LogP contribution in [0.15, 0.2) is 22.9 Å². The number of carbonyl (C=O) groups is 1. The summed E-state index contributed by atoms with van der Waals surface area (Å²) in [6, 6.07) is 4.18. The standard InChI is InChI=1S/C14H16N2OS2/c1-9-8-19-14(15-9)12(7-11-3-2-6-18-11)16-13(17)10-4-5-10/h2-3,6,8,10,12H,4-5,7H2,1H3,(H,16,17)/t12-/m1/s1. The molecule has 3 nitrogen and oxygen atoms in total. The van der Waals surface area contributed by atoms with E-state index < -0.39 is 0 Å². The van der Waals surface area contributed by atoms with Crippen LogP contribution in [0.3, 0.4) is 0 Å². The second-order valence-electron chi connectivity index (χ2n) is 4.95. The molecule has 1 N–H and O–H groups in total. The third kappa shape index (κ3) is 3.22. The van der Waals surface area contributed by atoms with Gasteiger partial charge in [-0.15, -0.1) is 22.7 Å². The van der Waals surface area contributed by atoms with Crippen molar-refractivity contribution in [1.82, 2.24) is 10.3 Å². The second-order valence-corrected chi connectivity index (χ2v) is 6.87. The maximum absolute atomic E-state index is 12.0. The smallest absolute Gasteiger partial charge is 0.223 e. The first-order valence-electron chi connectivity index (χ1n) is 6.47. The highest BCUT2D eigenvalue weighted by Gasteiger charge is 2.31. The van der Waals surface area contributed by atoms with Gasteiger partial charge in [-0.05, 0) is 31.2 Å². The first-order chi connectivity index (χ1) is 9.22. The highest BCUT2D eigenvalue weighted by Crippen LogP contribution is 2.31. The Morgan fingerprint density at radius 1 is 1.53 bits per heavy atom. The molecule has 0 radical (unpaired) electrons. The molecule has 0 aromatic carbocycles. The minimum Gasteiger partial charge on any atom is -0.346 e. The molecule has 5 heteroatoms. The van der Waals surface area contributed by atoms with Gasteiger partial charge in [0.1, 0.15) is 5.01 Å². The molecule has 0 saturated heterocycles. The van der Waals surface area contributed by atoms with Crippen molar-refractivity contribution in [3.63, 3.8) is 0 Å². The average molecular weight is 292 g/mol. The van der Waals surface area contributed by atoms with E-state index in [2.05, 4.69) is 21.7 Å². The Hall–Kier alpha value is -1.20. The predicted molar refractivity (Wildman–Crippen MR) is 78.5 cm³/mol. The van der Waals surface area contributed by atoms with E-state index in [1.54, 1.807) is 22.7 Å². The number of hydrogen-bond donors (Lipinski definition) is 1. The molecule has 1 atom stereocenters. The summed E-state index contributed by atoms with van der Waals surface area (Å²) in [4.78, 5) is 17.8. The summed E-state index contributed by atoms with van der Waals surface area (Å²) in [5.41, 5.74) is 1.02. The molecular formula is C14H16N2OS2. The highest BCUT2D eigenvalue weighted by molar-refractivity contribution is 7.10. The fourth-order valence-corrected chi connectivity index (χ4v) is 3.60. The minimum absolute atomic E-state index is 0.0189. The molecule has 0 aliphatic heterocycles. The molecule has 1 saturated carbocycles. The number of nitrogens with zero attached hydrogens (tertiary/aromatic N) is 1. The molecular weight excluding hydrogens is 276 g/mol. The van der Waals surface area contributed by atoms with Gasteiger partial charge in [-0.3, -0.25) is 4.79 Å². The van der Waals surface area contributed by atoms with Gasteiger partial charge in [0.05, 0.1) is 6.04 Å². The Kier molecular flexibility index (Phi) is 3.66. The number of aromatic nitrogens is 1. The number of carbonyl (C=O) groups excluding carboxylic acids is 1. The van der Waals surface area contributed by atoms with E-state index in [0.29, 0.717) is 0 Å². The van der Waals surface area contributed by atoms with E-state index in [9.17, 15) is 4.79 Å². The van der Waals surface area contributed by atoms with Crippen LogP contribution in [0.25, 0.3) is 0 Å². The van der Waals surface area contributed by atoms with E-state index in [4.69, 9.17) is 0 Å². The zero-order valence-electron chi connectivity index (χ0n) is 10.8. The van der Waals surface area contributed by atoms with Crippen molar-refractivity contribution in [3.05, 3.63) is 38.5 Å². The molecule has 1 aliphatic rings. The van der Waals surface area contributed by atoms with E-state index in [-0.39, 0.29) is 17.9 Å². The molecule has 19 heavy (non-hydrogen) atoms. The average Bonchev–Trinajstić information content (AvgIpc) is 2.96. The fraction of sp³-hybridized carbons (Fsp3) is 0.429. The quantitative estimate of drug-likeness (QED) is 0.918. The van der Waals surface area contributed by atoms with Crippen LogP contribution in [0.4, 0.5) is 0 Å². The Balaban J connectivity index is 1.75. The number of amides is 1. The number of rotatable bonds is 5. The first-order valence-corrected chi connectivity index (χ1v) is 8.23. The summed E-state index contributed by atoms with van der Waals surface area (Å²) in [7, 11) is 0. The molecule has 1 fully saturated rings. The lowest BCUT2D eigenvalue weighted by Crippen LogP contribution is -2.30. The summed E-state index contributed by atoms with van der Waals surface area (Å²) < 4.78 is 0. The summed E-state index contributed by atoms with van der Waals surface area (Å²) in [5, 5.41) is 8.29. The van der Waals surface area contributed by atoms with Crippen LogP contribution in [0.5, 0.6) is 0 Å². The van der Waals surface area contributed by atoms with Gasteiger partial charge in [0, 0.05) is 28.3 Å². The van der Waals surface area contributed by atoms with Crippen molar-refractivity contribution in [2.75, 3.05) is 0 Å². The van der Waals surface area contributed by atoms with Gasteiger partial charge in [0.15, 0.2) is 0 Å². The van der Waals surface area contributed by atoms with E-state index in [1.165, 1.54) is 4.88 Å². The van der Waals surface area contributed by atoms with Crippen molar-refractivity contribution in [2.24, 2.45) is 5.92 Å². The number of aryl methyl sites for hydroxylation is 1. The monoisotopic (exact) mass is 292 g/mol. The van der Waals surface area contributed by atoms with Gasteiger partial charge in [-0.1, -0.05) is 6.07 Å². The number of hydrogen-bond acceptors (Lipinski definition) is 4. The molecule has 0 bridgehead atoms. The molecule has 1 amide bonds. The summed E-state index contributed by atoms with van der Waals surface area (Å²) >= 11 is 3.36. The van der Waals surface area contributed by atoms with E-state index >= 15 is 0 Å². The van der Waals surface area contributed by atoms with Gasteiger partial charge in [-0.25, -0.2) is 4.98 Å². The lowest BCUT2D eigenvalue weighted by Gasteiger charge is -2.15. The van der Waals surface area contributed by atoms with Crippen LogP contribution >= 0.6 is 22.7 Å². The van der Waals surface area contributed by atoms with Crippen LogP contribution in [-0.2, 0) is 11.2 Å². The largest absolute Gasteiger partial charge is 0.346 e. The zero-order valence-corrected chi connectivity index (χ0v) is 12.4. The molecule has 0 spiro atoms. The van der Waals surface area contributed by atoms with Gasteiger partial charge in [0.25, 0.3) is 0 Å². The van der Waals surface area contributed by atoms with Gasteiger partial charge < -0.3 is 5.32 Å². The molecule has 0 unspecified atom stereocenters. The molecule has 2 aromatic heterocycles. The first kappa shape index (κ1) is 12.8. The van der Waals surface area contributed by atoms with Gasteiger partial charge >= 0.3 is 0 Å². The Morgan fingerprint density at radius 3 is 2.95 bits per heavy atom. The van der Waals surface area contributed by atoms with E-state index in [1.807, 2.05) is 18.4 Å². The van der Waals surface area contributed by atoms with E-state index in [0.717, 1.165) is 30.0 Å². The predicted octanol–water partition coefficient (Wildman–Crippen LogP) is 3.32. The normalized spacial score (nSPS) is 16.3. The maximum atomic E-state index is 12.0. The summed E-state index contributed by atoms with van der Waals surface area (Å²) in [5.74, 6) is 0.432.